The molecule has 0 saturated carbocycles. The Morgan fingerprint density at radius 2 is 1.70 bits per heavy atom. The van der Waals surface area contributed by atoms with Crippen LogP contribution in [-0.2, 0) is 9.59 Å². The number of aromatic amines is 1. The lowest BCUT2D eigenvalue weighted by molar-refractivity contribution is -0.122. The number of hydrogen-bond donors (Lipinski definition) is 1. The fourth-order valence-electron chi connectivity index (χ4n) is 4.03. The monoisotopic (exact) mass is 458 g/mol. The van der Waals surface area contributed by atoms with Gasteiger partial charge >= 0.3 is 4.87 Å². The minimum atomic E-state index is -0.613. The summed E-state index contributed by atoms with van der Waals surface area (Å²) in [5.74, 6) is -0.861. The first-order chi connectivity index (χ1) is 14.5. The van der Waals surface area contributed by atoms with E-state index in [-0.39, 0.29) is 16.7 Å². The number of H-pyrrole nitrogens is 1. The van der Waals surface area contributed by atoms with Crippen LogP contribution in [-0.4, -0.2) is 29.2 Å². The van der Waals surface area contributed by atoms with Gasteiger partial charge in [-0.2, -0.15) is 0 Å². The number of nitrogens with one attached hydrogen (secondary N) is 1. The molecule has 0 unspecified atom stereocenters. The number of rotatable bonds is 3. The molecule has 3 heterocycles. The van der Waals surface area contributed by atoms with Crippen LogP contribution in [0, 0.1) is 5.92 Å². The molecular weight excluding hydrogens is 444 g/mol. The van der Waals surface area contributed by atoms with Crippen LogP contribution in [0.4, 0.5) is 5.69 Å². The summed E-state index contributed by atoms with van der Waals surface area (Å²) in [7, 11) is 1.58. The van der Waals surface area contributed by atoms with Crippen molar-refractivity contribution in [2.24, 2.45) is 5.92 Å². The summed E-state index contributed by atoms with van der Waals surface area (Å²) in [5.41, 5.74) is 1.36. The third kappa shape index (κ3) is 2.98. The summed E-state index contributed by atoms with van der Waals surface area (Å²) >= 11 is 8.32. The highest BCUT2D eigenvalue weighted by molar-refractivity contribution is 8.00. The molecule has 30 heavy (non-hydrogen) atoms. The zero-order chi connectivity index (χ0) is 21.0. The molecule has 1 saturated heterocycles. The van der Waals surface area contributed by atoms with E-state index in [2.05, 4.69) is 4.98 Å². The molecule has 152 valence electrons. The molecule has 1 aromatic heterocycles. The van der Waals surface area contributed by atoms with Crippen molar-refractivity contribution in [1.29, 1.82) is 0 Å². The molecule has 3 aromatic rings. The number of aromatic nitrogens is 1. The molecule has 3 atom stereocenters. The van der Waals surface area contributed by atoms with Crippen molar-refractivity contribution < 1.29 is 14.3 Å². The van der Waals surface area contributed by atoms with E-state index in [1.807, 2.05) is 24.3 Å². The number of fused-ring (bicyclic) bond motifs is 2. The predicted octanol–water partition coefficient (Wildman–Crippen LogP) is 3.89. The van der Waals surface area contributed by atoms with Gasteiger partial charge in [-0.3, -0.25) is 14.4 Å². The zero-order valence-electron chi connectivity index (χ0n) is 15.6. The van der Waals surface area contributed by atoms with Gasteiger partial charge in [0.25, 0.3) is 0 Å². The summed E-state index contributed by atoms with van der Waals surface area (Å²) in [6.45, 7) is 0. The summed E-state index contributed by atoms with van der Waals surface area (Å²) in [5, 5.41) is 0.574. The van der Waals surface area contributed by atoms with Crippen LogP contribution in [0.1, 0.15) is 16.4 Å². The number of amides is 2. The highest BCUT2D eigenvalue weighted by Crippen LogP contribution is 2.53. The number of anilines is 1. The number of methoxy groups -OCH3 is 1. The second-order valence-corrected chi connectivity index (χ2v) is 9.61. The third-order valence-corrected chi connectivity index (χ3v) is 8.04. The summed E-state index contributed by atoms with van der Waals surface area (Å²) in [6.07, 6.45) is 0. The Morgan fingerprint density at radius 3 is 2.37 bits per heavy atom. The van der Waals surface area contributed by atoms with Crippen molar-refractivity contribution in [2.45, 2.75) is 16.2 Å². The second kappa shape index (κ2) is 7.30. The standard InChI is InChI=1S/C21H15ClN2O4S2/c1-28-13-8-2-10(3-9-13)14-15-17(29-18-16(14)30-21(27)23-18)20(26)24(19(15)25)12-6-4-11(22)5-7-12/h2-9,14-15,17H,1H3,(H,23,27)/t14-,15-,17+/m1/s1. The number of nitrogens with zero attached hydrogens (tertiary/aromatic N) is 1. The molecule has 0 aliphatic carbocycles. The molecule has 5 rings (SSSR count). The topological polar surface area (TPSA) is 79.5 Å². The number of carbonyl (C=O) groups is 2. The van der Waals surface area contributed by atoms with Gasteiger partial charge in [-0.25, -0.2) is 4.90 Å². The van der Waals surface area contributed by atoms with E-state index in [9.17, 15) is 14.4 Å². The van der Waals surface area contributed by atoms with E-state index in [0.29, 0.717) is 21.5 Å². The number of carbonyl (C=O) groups excluding carboxylic acids is 2. The molecule has 9 heteroatoms. The average Bonchev–Trinajstić information content (AvgIpc) is 3.24. The fraction of sp³-hybridized carbons (Fsp3) is 0.190. The van der Waals surface area contributed by atoms with E-state index >= 15 is 0 Å². The molecule has 6 nitrogen and oxygen atoms in total. The van der Waals surface area contributed by atoms with Gasteiger partial charge in [0.1, 0.15) is 11.0 Å². The van der Waals surface area contributed by atoms with Crippen LogP contribution in [0.2, 0.25) is 5.02 Å². The van der Waals surface area contributed by atoms with Crippen LogP contribution in [0.25, 0.3) is 0 Å². The van der Waals surface area contributed by atoms with Crippen molar-refractivity contribution in [2.75, 3.05) is 12.0 Å². The van der Waals surface area contributed by atoms with E-state index in [4.69, 9.17) is 16.3 Å². The maximum Gasteiger partial charge on any atom is 0.305 e. The summed E-state index contributed by atoms with van der Waals surface area (Å²) in [6, 6.07) is 14.0. The molecule has 2 aliphatic rings. The van der Waals surface area contributed by atoms with Crippen LogP contribution in [0.3, 0.4) is 0 Å². The Balaban J connectivity index is 1.63. The number of ether oxygens (including phenoxy) is 1. The van der Waals surface area contributed by atoms with Gasteiger partial charge in [-0.15, -0.1) is 0 Å². The van der Waals surface area contributed by atoms with E-state index in [0.717, 1.165) is 21.8 Å². The minimum Gasteiger partial charge on any atom is -0.497 e. The fourth-order valence-corrected chi connectivity index (χ4v) is 6.67. The molecule has 2 aliphatic heterocycles. The van der Waals surface area contributed by atoms with Crippen molar-refractivity contribution in [1.82, 2.24) is 4.98 Å². The van der Waals surface area contributed by atoms with E-state index in [1.165, 1.54) is 16.7 Å². The normalized spacial score (nSPS) is 22.7. The Morgan fingerprint density at radius 1 is 1.00 bits per heavy atom. The van der Waals surface area contributed by atoms with Gasteiger partial charge in [0, 0.05) is 15.8 Å². The average molecular weight is 459 g/mol. The largest absolute Gasteiger partial charge is 0.497 e. The molecule has 0 spiro atoms. The molecule has 2 aromatic carbocycles. The summed E-state index contributed by atoms with van der Waals surface area (Å²) in [4.78, 5) is 43.5. The van der Waals surface area contributed by atoms with Crippen LogP contribution in [0.5, 0.6) is 5.75 Å². The zero-order valence-corrected chi connectivity index (χ0v) is 18.0. The SMILES string of the molecule is COc1ccc([C@H]2c3sc(=O)[nH]c3S[C@@H]3C(=O)N(c4ccc(Cl)cc4)C(=O)[C@H]23)cc1. The van der Waals surface area contributed by atoms with Crippen molar-refractivity contribution in [3.63, 3.8) is 0 Å². The number of thiazole rings is 1. The van der Waals surface area contributed by atoms with Crippen molar-refractivity contribution >= 4 is 52.2 Å². The lowest BCUT2D eigenvalue weighted by atomic mass is 9.83. The number of halogens is 1. The molecule has 1 N–H and O–H groups in total. The highest BCUT2D eigenvalue weighted by Gasteiger charge is 2.56. The Kier molecular flexibility index (Phi) is 4.72. The number of thioether (sulfide) groups is 1. The number of imide groups is 1. The lowest BCUT2D eigenvalue weighted by Gasteiger charge is -2.29. The van der Waals surface area contributed by atoms with Crippen LogP contribution in [0.15, 0.2) is 58.4 Å². The van der Waals surface area contributed by atoms with Crippen LogP contribution < -0.4 is 14.5 Å². The number of hydrogen-bond acceptors (Lipinski definition) is 6. The van der Waals surface area contributed by atoms with Crippen LogP contribution >= 0.6 is 34.7 Å². The van der Waals surface area contributed by atoms with Gasteiger partial charge in [0.05, 0.1) is 23.7 Å². The van der Waals surface area contributed by atoms with Gasteiger partial charge in [-0.05, 0) is 42.0 Å². The first-order valence-electron chi connectivity index (χ1n) is 9.15. The molecule has 0 radical (unpaired) electrons. The summed E-state index contributed by atoms with van der Waals surface area (Å²) < 4.78 is 5.24. The van der Waals surface area contributed by atoms with Gasteiger partial charge < -0.3 is 9.72 Å². The quantitative estimate of drug-likeness (QED) is 0.602. The maximum atomic E-state index is 13.5. The molecule has 2 amide bonds. The van der Waals surface area contributed by atoms with Gasteiger partial charge in [0.2, 0.25) is 11.8 Å². The smallest absolute Gasteiger partial charge is 0.305 e. The minimum absolute atomic E-state index is 0.194. The highest BCUT2D eigenvalue weighted by atomic mass is 35.5. The Bertz CT molecular complexity index is 1200. The van der Waals surface area contributed by atoms with Gasteiger partial charge in [-0.1, -0.05) is 46.8 Å². The maximum absolute atomic E-state index is 13.5. The molecular formula is C21H15ClN2O4S2. The van der Waals surface area contributed by atoms with E-state index in [1.54, 1.807) is 31.4 Å². The first-order valence-corrected chi connectivity index (χ1v) is 11.2. The molecule has 1 fully saturated rings. The second-order valence-electron chi connectivity index (χ2n) is 7.01. The Hall–Kier alpha value is -2.55. The van der Waals surface area contributed by atoms with Gasteiger partial charge in [0.15, 0.2) is 0 Å². The molecule has 0 bridgehead atoms. The van der Waals surface area contributed by atoms with Crippen molar-refractivity contribution in [3.8, 4) is 5.75 Å². The third-order valence-electron chi connectivity index (χ3n) is 5.38. The lowest BCUT2D eigenvalue weighted by Crippen LogP contribution is -2.32. The Labute approximate surface area is 184 Å². The van der Waals surface area contributed by atoms with E-state index < -0.39 is 17.1 Å². The first kappa shape index (κ1) is 19.4. The van der Waals surface area contributed by atoms with Crippen molar-refractivity contribution in [3.05, 3.63) is 73.7 Å². The number of benzene rings is 2. The predicted molar refractivity (Wildman–Crippen MR) is 117 cm³/mol.